The first-order valence-corrected chi connectivity index (χ1v) is 5.61. The molecule has 1 aliphatic heterocycles. The van der Waals surface area contributed by atoms with Crippen molar-refractivity contribution in [3.05, 3.63) is 0 Å². The molecule has 0 aromatic carbocycles. The zero-order valence-electron chi connectivity index (χ0n) is 10.4. The summed E-state index contributed by atoms with van der Waals surface area (Å²) in [6, 6.07) is 0. The maximum atomic E-state index is 12.0. The molecule has 16 heavy (non-hydrogen) atoms. The number of ether oxygens (including phenoxy) is 2. The maximum absolute atomic E-state index is 12.0. The minimum absolute atomic E-state index is 0.0266. The summed E-state index contributed by atoms with van der Waals surface area (Å²) in [5.74, 6) is -0.0266. The second-order valence-corrected chi connectivity index (χ2v) is 5.00. The molecule has 1 unspecified atom stereocenters. The van der Waals surface area contributed by atoms with E-state index >= 15 is 0 Å². The average molecular weight is 230 g/mol. The van der Waals surface area contributed by atoms with Crippen LogP contribution in [0.25, 0.3) is 0 Å². The SMILES string of the molecule is CN(CC(C)(C)CN)C(=O)C1COCCO1. The fraction of sp³-hybridized carbons (Fsp3) is 0.909. The fourth-order valence-electron chi connectivity index (χ4n) is 1.66. The van der Waals surface area contributed by atoms with Crippen molar-refractivity contribution in [2.24, 2.45) is 11.1 Å². The first-order valence-electron chi connectivity index (χ1n) is 5.61. The molecule has 1 atom stereocenters. The molecule has 0 aliphatic carbocycles. The number of nitrogens with zero attached hydrogens (tertiary/aromatic N) is 1. The van der Waals surface area contributed by atoms with Crippen LogP contribution in [0.3, 0.4) is 0 Å². The Kier molecular flexibility index (Phi) is 4.70. The van der Waals surface area contributed by atoms with Crippen LogP contribution in [0.15, 0.2) is 0 Å². The highest BCUT2D eigenvalue weighted by atomic mass is 16.6. The van der Waals surface area contributed by atoms with E-state index in [-0.39, 0.29) is 11.3 Å². The lowest BCUT2D eigenvalue weighted by Crippen LogP contribution is -2.47. The lowest BCUT2D eigenvalue weighted by molar-refractivity contribution is -0.157. The maximum Gasteiger partial charge on any atom is 0.253 e. The van der Waals surface area contributed by atoms with Crippen LogP contribution in [-0.2, 0) is 14.3 Å². The zero-order valence-corrected chi connectivity index (χ0v) is 10.4. The van der Waals surface area contributed by atoms with E-state index in [1.807, 2.05) is 13.8 Å². The summed E-state index contributed by atoms with van der Waals surface area (Å²) in [6.45, 7) is 6.66. The topological polar surface area (TPSA) is 64.8 Å². The molecule has 1 fully saturated rings. The number of carbonyl (C=O) groups excluding carboxylic acids is 1. The molecule has 0 saturated carbocycles. The van der Waals surface area contributed by atoms with Gasteiger partial charge >= 0.3 is 0 Å². The van der Waals surface area contributed by atoms with Gasteiger partial charge in [0, 0.05) is 13.6 Å². The predicted molar refractivity (Wildman–Crippen MR) is 61.0 cm³/mol. The van der Waals surface area contributed by atoms with Gasteiger partial charge in [0.25, 0.3) is 5.91 Å². The Morgan fingerprint density at radius 1 is 1.50 bits per heavy atom. The van der Waals surface area contributed by atoms with Gasteiger partial charge in [-0.2, -0.15) is 0 Å². The van der Waals surface area contributed by atoms with Crippen LogP contribution in [0.1, 0.15) is 13.8 Å². The molecule has 1 amide bonds. The van der Waals surface area contributed by atoms with Crippen molar-refractivity contribution in [1.29, 1.82) is 0 Å². The van der Waals surface area contributed by atoms with E-state index in [1.54, 1.807) is 11.9 Å². The van der Waals surface area contributed by atoms with Crippen LogP contribution in [-0.4, -0.2) is 56.9 Å². The van der Waals surface area contributed by atoms with Gasteiger partial charge in [-0.1, -0.05) is 13.8 Å². The Balaban J connectivity index is 2.46. The molecule has 94 valence electrons. The van der Waals surface area contributed by atoms with Crippen LogP contribution in [0.5, 0.6) is 0 Å². The lowest BCUT2D eigenvalue weighted by atomic mass is 9.93. The number of hydrogen-bond donors (Lipinski definition) is 1. The molecule has 1 aliphatic rings. The van der Waals surface area contributed by atoms with Gasteiger partial charge in [-0.05, 0) is 12.0 Å². The predicted octanol–water partition coefficient (Wildman–Crippen LogP) is -0.155. The van der Waals surface area contributed by atoms with Crippen molar-refractivity contribution < 1.29 is 14.3 Å². The average Bonchev–Trinajstić information content (AvgIpc) is 2.28. The highest BCUT2D eigenvalue weighted by Crippen LogP contribution is 2.15. The molecule has 1 rings (SSSR count). The standard InChI is InChI=1S/C11H22N2O3/c1-11(2,7-12)8-13(3)10(14)9-6-15-4-5-16-9/h9H,4-8,12H2,1-3H3. The molecule has 1 saturated heterocycles. The Hall–Kier alpha value is -0.650. The fourth-order valence-corrected chi connectivity index (χ4v) is 1.66. The lowest BCUT2D eigenvalue weighted by Gasteiger charge is -2.32. The van der Waals surface area contributed by atoms with Crippen molar-refractivity contribution in [1.82, 2.24) is 4.90 Å². The van der Waals surface area contributed by atoms with E-state index in [0.29, 0.717) is 32.9 Å². The number of carbonyl (C=O) groups is 1. The third kappa shape index (κ3) is 3.73. The van der Waals surface area contributed by atoms with Crippen LogP contribution in [0.4, 0.5) is 0 Å². The minimum Gasteiger partial charge on any atom is -0.376 e. The second-order valence-electron chi connectivity index (χ2n) is 5.00. The zero-order chi connectivity index (χ0) is 12.2. The van der Waals surface area contributed by atoms with Gasteiger partial charge in [-0.15, -0.1) is 0 Å². The number of nitrogens with two attached hydrogens (primary N) is 1. The van der Waals surface area contributed by atoms with Crippen molar-refractivity contribution in [3.8, 4) is 0 Å². The van der Waals surface area contributed by atoms with E-state index in [0.717, 1.165) is 0 Å². The summed E-state index contributed by atoms with van der Waals surface area (Å²) in [5, 5.41) is 0. The molecule has 0 aromatic heterocycles. The van der Waals surface area contributed by atoms with E-state index in [4.69, 9.17) is 15.2 Å². The molecule has 0 spiro atoms. The molecule has 5 nitrogen and oxygen atoms in total. The van der Waals surface area contributed by atoms with Crippen molar-refractivity contribution >= 4 is 5.91 Å². The van der Waals surface area contributed by atoms with Crippen molar-refractivity contribution in [2.75, 3.05) is 40.0 Å². The quantitative estimate of drug-likeness (QED) is 0.729. The van der Waals surface area contributed by atoms with Crippen LogP contribution in [0, 0.1) is 5.41 Å². The smallest absolute Gasteiger partial charge is 0.253 e. The summed E-state index contributed by atoms with van der Waals surface area (Å²) in [5.41, 5.74) is 5.57. The number of rotatable bonds is 4. The minimum atomic E-state index is -0.452. The first kappa shape index (κ1) is 13.4. The van der Waals surface area contributed by atoms with Gasteiger partial charge in [0.1, 0.15) is 0 Å². The van der Waals surface area contributed by atoms with Crippen LogP contribution < -0.4 is 5.73 Å². The van der Waals surface area contributed by atoms with E-state index in [9.17, 15) is 4.79 Å². The molecule has 0 radical (unpaired) electrons. The van der Waals surface area contributed by atoms with Gasteiger partial charge in [-0.25, -0.2) is 0 Å². The van der Waals surface area contributed by atoms with Gasteiger partial charge in [0.05, 0.1) is 19.8 Å². The van der Waals surface area contributed by atoms with Crippen LogP contribution in [0.2, 0.25) is 0 Å². The monoisotopic (exact) mass is 230 g/mol. The van der Waals surface area contributed by atoms with E-state index < -0.39 is 6.10 Å². The summed E-state index contributed by atoms with van der Waals surface area (Å²) >= 11 is 0. The van der Waals surface area contributed by atoms with Crippen molar-refractivity contribution in [2.45, 2.75) is 20.0 Å². The number of likely N-dealkylation sites (N-methyl/N-ethyl adjacent to an activating group) is 1. The van der Waals surface area contributed by atoms with Gasteiger partial charge < -0.3 is 20.1 Å². The molecular weight excluding hydrogens is 208 g/mol. The van der Waals surface area contributed by atoms with E-state index in [1.165, 1.54) is 0 Å². The highest BCUT2D eigenvalue weighted by molar-refractivity contribution is 5.81. The normalized spacial score (nSPS) is 21.9. The molecule has 2 N–H and O–H groups in total. The summed E-state index contributed by atoms with van der Waals surface area (Å²) in [7, 11) is 1.78. The second kappa shape index (κ2) is 5.61. The molecule has 1 heterocycles. The number of hydrogen-bond acceptors (Lipinski definition) is 4. The summed E-state index contributed by atoms with van der Waals surface area (Å²) in [4.78, 5) is 13.6. The first-order chi connectivity index (χ1) is 7.46. The largest absolute Gasteiger partial charge is 0.376 e. The molecular formula is C11H22N2O3. The Bertz CT molecular complexity index is 237. The van der Waals surface area contributed by atoms with Gasteiger partial charge in [-0.3, -0.25) is 4.79 Å². The highest BCUT2D eigenvalue weighted by Gasteiger charge is 2.28. The van der Waals surface area contributed by atoms with Gasteiger partial charge in [0.15, 0.2) is 6.10 Å². The van der Waals surface area contributed by atoms with Gasteiger partial charge in [0.2, 0.25) is 0 Å². The van der Waals surface area contributed by atoms with E-state index in [2.05, 4.69) is 0 Å². The molecule has 5 heteroatoms. The Labute approximate surface area is 96.9 Å². The third-order valence-corrected chi connectivity index (χ3v) is 2.69. The summed E-state index contributed by atoms with van der Waals surface area (Å²) in [6.07, 6.45) is -0.452. The Morgan fingerprint density at radius 3 is 2.69 bits per heavy atom. The Morgan fingerprint density at radius 2 is 2.19 bits per heavy atom. The van der Waals surface area contributed by atoms with Crippen LogP contribution >= 0.6 is 0 Å². The van der Waals surface area contributed by atoms with Crippen molar-refractivity contribution in [3.63, 3.8) is 0 Å². The number of amides is 1. The third-order valence-electron chi connectivity index (χ3n) is 2.69. The molecule has 0 bridgehead atoms. The molecule has 0 aromatic rings. The summed E-state index contributed by atoms with van der Waals surface area (Å²) < 4.78 is 10.6.